The molecular weight excluding hydrogens is 272 g/mol. The number of rotatable bonds is 6. The predicted molar refractivity (Wildman–Crippen MR) is 77.6 cm³/mol. The van der Waals surface area contributed by atoms with E-state index >= 15 is 0 Å². The first-order valence-electron chi connectivity index (χ1n) is 6.63. The first-order chi connectivity index (χ1) is 9.95. The Kier molecular flexibility index (Phi) is 6.39. The van der Waals surface area contributed by atoms with Crippen LogP contribution in [0.25, 0.3) is 0 Å². The van der Waals surface area contributed by atoms with Crippen molar-refractivity contribution in [1.29, 1.82) is 0 Å². The average Bonchev–Trinajstić information content (AvgIpc) is 2.51. The summed E-state index contributed by atoms with van der Waals surface area (Å²) in [5, 5.41) is 2.63. The molecule has 0 aliphatic rings. The van der Waals surface area contributed by atoms with Gasteiger partial charge in [-0.3, -0.25) is 14.4 Å². The summed E-state index contributed by atoms with van der Waals surface area (Å²) in [6, 6.07) is 8.00. The number of esters is 1. The van der Waals surface area contributed by atoms with E-state index in [1.54, 1.807) is 38.2 Å². The molecule has 1 N–H and O–H groups in total. The highest BCUT2D eigenvalue weighted by Crippen LogP contribution is 2.01. The molecule has 0 radical (unpaired) electrons. The van der Waals surface area contributed by atoms with Crippen LogP contribution in [0.15, 0.2) is 30.3 Å². The van der Waals surface area contributed by atoms with Gasteiger partial charge in [-0.1, -0.05) is 18.2 Å². The molecule has 114 valence electrons. The zero-order valence-corrected chi connectivity index (χ0v) is 12.5. The Morgan fingerprint density at radius 3 is 2.43 bits per heavy atom. The van der Waals surface area contributed by atoms with Crippen LogP contribution >= 0.6 is 0 Å². The molecule has 0 saturated carbocycles. The van der Waals surface area contributed by atoms with Gasteiger partial charge < -0.3 is 15.0 Å². The molecule has 6 nitrogen and oxygen atoms in total. The van der Waals surface area contributed by atoms with Gasteiger partial charge in [0.15, 0.2) is 0 Å². The van der Waals surface area contributed by atoms with E-state index in [1.807, 2.05) is 6.07 Å². The third kappa shape index (κ3) is 5.25. The highest BCUT2D eigenvalue weighted by atomic mass is 16.5. The minimum atomic E-state index is -0.666. The summed E-state index contributed by atoms with van der Waals surface area (Å²) in [5.41, 5.74) is 0.495. The lowest BCUT2D eigenvalue weighted by molar-refractivity contribution is -0.141. The highest BCUT2D eigenvalue weighted by molar-refractivity contribution is 5.97. The van der Waals surface area contributed by atoms with Crippen molar-refractivity contribution in [2.75, 3.05) is 20.7 Å². The van der Waals surface area contributed by atoms with Crippen molar-refractivity contribution >= 4 is 17.8 Å². The highest BCUT2D eigenvalue weighted by Gasteiger charge is 2.20. The molecule has 21 heavy (non-hydrogen) atoms. The first kappa shape index (κ1) is 16.7. The standard InChI is InChI=1S/C15H20N2O4/c1-11(15(20)17(2)10-9-13(18)21-3)16-14(19)12-7-5-4-6-8-12/h4-8,11H,9-10H2,1-3H3,(H,16,19). The molecule has 0 bridgehead atoms. The molecule has 0 fully saturated rings. The molecule has 6 heteroatoms. The molecule has 0 heterocycles. The topological polar surface area (TPSA) is 75.7 Å². The van der Waals surface area contributed by atoms with Crippen molar-refractivity contribution in [2.24, 2.45) is 0 Å². The summed E-state index contributed by atoms with van der Waals surface area (Å²) in [7, 11) is 2.88. The van der Waals surface area contributed by atoms with Gasteiger partial charge in [0.05, 0.1) is 13.5 Å². The second kappa shape index (κ2) is 8.04. The summed E-state index contributed by atoms with van der Waals surface area (Å²) in [6.07, 6.45) is 0.123. The number of ether oxygens (including phenoxy) is 1. The third-order valence-corrected chi connectivity index (χ3v) is 3.01. The average molecular weight is 292 g/mol. The molecule has 1 rings (SSSR count). The fourth-order valence-electron chi connectivity index (χ4n) is 1.73. The Morgan fingerprint density at radius 2 is 1.86 bits per heavy atom. The third-order valence-electron chi connectivity index (χ3n) is 3.01. The maximum absolute atomic E-state index is 12.1. The van der Waals surface area contributed by atoms with Crippen LogP contribution in [-0.4, -0.2) is 49.4 Å². The van der Waals surface area contributed by atoms with Gasteiger partial charge in [0.25, 0.3) is 5.91 Å². The van der Waals surface area contributed by atoms with Crippen LogP contribution < -0.4 is 5.32 Å². The molecule has 1 atom stereocenters. The van der Waals surface area contributed by atoms with Gasteiger partial charge in [0.2, 0.25) is 5.91 Å². The second-order valence-electron chi connectivity index (χ2n) is 4.65. The van der Waals surface area contributed by atoms with E-state index in [0.29, 0.717) is 5.56 Å². The molecule has 1 unspecified atom stereocenters. The zero-order chi connectivity index (χ0) is 15.8. The lowest BCUT2D eigenvalue weighted by atomic mass is 10.2. The molecule has 2 amide bonds. The number of hydrogen-bond donors (Lipinski definition) is 1. The Hall–Kier alpha value is -2.37. The van der Waals surface area contributed by atoms with Crippen LogP contribution in [0.5, 0.6) is 0 Å². The smallest absolute Gasteiger partial charge is 0.307 e. The fraction of sp³-hybridized carbons (Fsp3) is 0.400. The number of likely N-dealkylation sites (N-methyl/N-ethyl adjacent to an activating group) is 1. The van der Waals surface area contributed by atoms with Crippen molar-refractivity contribution < 1.29 is 19.1 Å². The number of amides is 2. The molecule has 0 aromatic heterocycles. The molecule has 0 aliphatic heterocycles. The largest absolute Gasteiger partial charge is 0.469 e. The van der Waals surface area contributed by atoms with Gasteiger partial charge in [0, 0.05) is 19.2 Å². The SMILES string of the molecule is COC(=O)CCN(C)C(=O)C(C)NC(=O)c1ccccc1. The summed E-state index contributed by atoms with van der Waals surface area (Å²) >= 11 is 0. The van der Waals surface area contributed by atoms with Crippen LogP contribution in [0.1, 0.15) is 23.7 Å². The minimum absolute atomic E-state index is 0.123. The number of carbonyl (C=O) groups excluding carboxylic acids is 3. The zero-order valence-electron chi connectivity index (χ0n) is 12.5. The first-order valence-corrected chi connectivity index (χ1v) is 6.63. The molecule has 1 aromatic carbocycles. The monoisotopic (exact) mass is 292 g/mol. The molecular formula is C15H20N2O4. The molecule has 0 aliphatic carbocycles. The van der Waals surface area contributed by atoms with Crippen molar-refractivity contribution in [3.05, 3.63) is 35.9 Å². The molecule has 0 spiro atoms. The van der Waals surface area contributed by atoms with Crippen LogP contribution in [0.3, 0.4) is 0 Å². The summed E-state index contributed by atoms with van der Waals surface area (Å²) in [6.45, 7) is 1.86. The predicted octanol–water partition coefficient (Wildman–Crippen LogP) is 0.826. The van der Waals surface area contributed by atoms with E-state index in [2.05, 4.69) is 10.1 Å². The summed E-state index contributed by atoms with van der Waals surface area (Å²) in [5.74, 6) is -0.948. The van der Waals surface area contributed by atoms with E-state index in [0.717, 1.165) is 0 Å². The number of carbonyl (C=O) groups is 3. The van der Waals surface area contributed by atoms with Crippen LogP contribution in [-0.2, 0) is 14.3 Å². The van der Waals surface area contributed by atoms with Gasteiger partial charge in [-0.15, -0.1) is 0 Å². The Morgan fingerprint density at radius 1 is 1.24 bits per heavy atom. The van der Waals surface area contributed by atoms with Gasteiger partial charge >= 0.3 is 5.97 Å². The fourth-order valence-corrected chi connectivity index (χ4v) is 1.73. The van der Waals surface area contributed by atoms with Crippen LogP contribution in [0.4, 0.5) is 0 Å². The van der Waals surface area contributed by atoms with Crippen LogP contribution in [0, 0.1) is 0 Å². The quantitative estimate of drug-likeness (QED) is 0.788. The summed E-state index contributed by atoms with van der Waals surface area (Å²) < 4.78 is 4.52. The second-order valence-corrected chi connectivity index (χ2v) is 4.65. The normalized spacial score (nSPS) is 11.4. The number of nitrogens with one attached hydrogen (secondary N) is 1. The Balaban J connectivity index is 2.50. The van der Waals surface area contributed by atoms with E-state index in [1.165, 1.54) is 12.0 Å². The number of nitrogens with zero attached hydrogens (tertiary/aromatic N) is 1. The lowest BCUT2D eigenvalue weighted by Crippen LogP contribution is -2.46. The maximum Gasteiger partial charge on any atom is 0.307 e. The van der Waals surface area contributed by atoms with Crippen molar-refractivity contribution in [3.63, 3.8) is 0 Å². The van der Waals surface area contributed by atoms with Gasteiger partial charge in [-0.2, -0.15) is 0 Å². The molecule has 1 aromatic rings. The van der Waals surface area contributed by atoms with Gasteiger partial charge in [-0.25, -0.2) is 0 Å². The van der Waals surface area contributed by atoms with Crippen molar-refractivity contribution in [1.82, 2.24) is 10.2 Å². The summed E-state index contributed by atoms with van der Waals surface area (Å²) in [4.78, 5) is 36.4. The van der Waals surface area contributed by atoms with Gasteiger partial charge in [0.1, 0.15) is 6.04 Å². The number of benzene rings is 1. The Bertz CT molecular complexity index is 502. The van der Waals surface area contributed by atoms with Crippen molar-refractivity contribution in [3.8, 4) is 0 Å². The molecule has 0 saturated heterocycles. The van der Waals surface area contributed by atoms with Crippen molar-refractivity contribution in [2.45, 2.75) is 19.4 Å². The van der Waals surface area contributed by atoms with E-state index in [4.69, 9.17) is 0 Å². The number of methoxy groups -OCH3 is 1. The number of hydrogen-bond acceptors (Lipinski definition) is 4. The van der Waals surface area contributed by atoms with E-state index in [9.17, 15) is 14.4 Å². The van der Waals surface area contributed by atoms with E-state index < -0.39 is 6.04 Å². The lowest BCUT2D eigenvalue weighted by Gasteiger charge is -2.21. The maximum atomic E-state index is 12.1. The Labute approximate surface area is 124 Å². The van der Waals surface area contributed by atoms with Gasteiger partial charge in [-0.05, 0) is 19.1 Å². The minimum Gasteiger partial charge on any atom is -0.469 e. The van der Waals surface area contributed by atoms with E-state index in [-0.39, 0.29) is 30.7 Å². The van der Waals surface area contributed by atoms with Crippen LogP contribution in [0.2, 0.25) is 0 Å².